The standard InChI is InChI=1S/C21H25N9O14P2.C20H23F2N9O12P2.C20H24FN9O12P2/c22-20-27-15-9(17(33)28-20)26-6-30(15)19-12-13-21(42-19,2-38-13)3-40-46(36,37)43-11-7(1-39-45(34,35)44-12)41-18(10(11)31)29-5-25-8-14(29)23-4-24-16(8)32;21-8-6-1-38-44(34,35)42-12-7(41-18(9(12)22)30-4-26-10-14(30)24-3-25-16(10)32)2-39-45(36,37)43-13(8)19(40-6)31-5-27-11-15(31)28-20(23)29-17(11)33;21-10-13-9(40-19(10)29-5-25-11-14(29)23-4-24-16(11)31)3-38-43(33,34)41-8-1-7(2-37-44(35,36)42-13)39-18(8)30-6-26-12-15(30)27-20(22)28-17(12)32/h4-7,10-13,16,18-19,31-32H,1-3H2,(H,23,24)(H,34,35)(H,36,37)(H3,22,27,28,33);3-9,12-13,16,18-19,32H,1-2H2,(H,24,25)(H,34,35)(H,36,37)(H3,23,28,29,33);4-10,13,16,18-19,31H,1-3H2,(H,23,24)(H,33,34)(H,35,36)(H3,22,27,28,32)/t7-,10-,11-,12-,13+,16?,18-,19-,21-;6-,7-,8-,9+,12-,13-,16?,18-,19-;7-,8+,9+,10-,13+,16?,18+,19+/m110/s1. The number of aromatic nitrogens is 18. The summed E-state index contributed by atoms with van der Waals surface area (Å²) in [6, 6.07) is 0. The summed E-state index contributed by atoms with van der Waals surface area (Å²) in [4.78, 5) is 155. The van der Waals surface area contributed by atoms with Crippen LogP contribution in [-0.2, 0) is 115 Å². The van der Waals surface area contributed by atoms with Crippen LogP contribution in [-0.4, -0.2) is 306 Å². The van der Waals surface area contributed by atoms with Crippen molar-refractivity contribution in [3.8, 4) is 0 Å². The zero-order valence-corrected chi connectivity index (χ0v) is 72.7. The Hall–Kier alpha value is -9.50. The van der Waals surface area contributed by atoms with E-state index in [1.54, 1.807) is 0 Å². The minimum absolute atomic E-state index is 0.0241. The molecule has 0 amide bonds. The van der Waals surface area contributed by atoms with Crippen LogP contribution in [0.15, 0.2) is 67.3 Å². The molecule has 0 saturated carbocycles. The van der Waals surface area contributed by atoms with Crippen LogP contribution in [0.3, 0.4) is 0 Å². The number of hydrogen-bond acceptors (Lipinski definition) is 50. The van der Waals surface area contributed by atoms with E-state index in [0.29, 0.717) is 0 Å². The van der Waals surface area contributed by atoms with E-state index in [0.717, 1.165) is 45.4 Å². The first-order chi connectivity index (χ1) is 64.1. The molecule has 9 aromatic rings. The fourth-order valence-electron chi connectivity index (χ4n) is 16.7. The number of nitrogen functional groups attached to an aromatic ring is 3. The number of halogens is 3. The number of ether oxygens (including phenoxy) is 7. The average molecular weight is 2030 g/mol. The number of nitrogens with zero attached hydrogens (tertiary/aromatic N) is 18. The van der Waals surface area contributed by atoms with E-state index in [1.165, 1.54) is 39.0 Å². The van der Waals surface area contributed by atoms with Crippen LogP contribution < -0.4 is 49.8 Å². The summed E-state index contributed by atoms with van der Waals surface area (Å²) >= 11 is 0. The second-order valence-corrected chi connectivity index (χ2v) is 39.6. The minimum atomic E-state index is -5.24. The molecule has 32 atom stereocenters. The van der Waals surface area contributed by atoms with Gasteiger partial charge in [-0.3, -0.25) is 111 Å². The number of anilines is 6. The number of H-pyrrole nitrogens is 3. The van der Waals surface area contributed by atoms with Crippen molar-refractivity contribution in [2.24, 2.45) is 15.0 Å². The lowest BCUT2D eigenvalue weighted by Gasteiger charge is -2.43. The van der Waals surface area contributed by atoms with E-state index < -0.39 is 263 Å². The second kappa shape index (κ2) is 34.8. The smallest absolute Gasteiger partial charge is 0.386 e. The molecular weight excluding hydrogens is 1960 g/mol. The van der Waals surface area contributed by atoms with Crippen molar-refractivity contribution in [1.29, 1.82) is 0 Å². The number of rotatable bonds is 6. The van der Waals surface area contributed by atoms with Gasteiger partial charge in [-0.2, -0.15) is 15.0 Å². The van der Waals surface area contributed by atoms with Gasteiger partial charge in [0.15, 0.2) is 108 Å². The number of imidazole rings is 6. The molecule has 0 aliphatic carbocycles. The Morgan fingerprint density at radius 1 is 0.385 bits per heavy atom. The summed E-state index contributed by atoms with van der Waals surface area (Å²) in [5.74, 6) is -0.404. The van der Waals surface area contributed by atoms with Gasteiger partial charge >= 0.3 is 46.9 Å². The van der Waals surface area contributed by atoms with Gasteiger partial charge in [-0.05, 0) is 0 Å². The molecular formula is C61H72F3N27O38P6. The van der Waals surface area contributed by atoms with Crippen LogP contribution in [0.1, 0.15) is 79.6 Å². The van der Waals surface area contributed by atoms with Gasteiger partial charge in [0.05, 0.1) is 109 Å². The van der Waals surface area contributed by atoms with Gasteiger partial charge in [0.25, 0.3) is 16.7 Å². The Kier molecular flexibility index (Phi) is 24.0. The number of hydrogen-bond donors (Lipinski definition) is 19. The molecule has 6 bridgehead atoms. The molecule has 10 fully saturated rings. The third-order valence-electron chi connectivity index (χ3n) is 22.7. The van der Waals surface area contributed by atoms with Gasteiger partial charge in [0.1, 0.15) is 113 Å². The van der Waals surface area contributed by atoms with Crippen LogP contribution >= 0.6 is 46.9 Å². The van der Waals surface area contributed by atoms with E-state index in [1.807, 2.05) is 0 Å². The topological polar surface area (TPSA) is 875 Å². The molecule has 0 spiro atoms. The van der Waals surface area contributed by atoms with Crippen LogP contribution in [0.4, 0.5) is 48.5 Å². The highest BCUT2D eigenvalue weighted by Crippen LogP contribution is 2.61. The third kappa shape index (κ3) is 17.5. The summed E-state index contributed by atoms with van der Waals surface area (Å²) in [5.41, 5.74) is 12.9. The SMILES string of the molecule is Nc1nc2c(ncn2[C@@H]2O[C@@H]3COP(=O)(O)O[C@H]4[C@H](F)[C@H](n5cnc6c5NC=NC6O)O[C@@H]4COP(=O)(O)O[C@@H]2C3)c(=O)[nH]1.Nc1nc2c(ncn2[C@@H]2O[C@@H]3COP(=O)(O)O[C@H]4[C@H](F)[C@H](n5cnc6c5NC=NC6O)O[C@@H]4COP(=O)(O)O[C@@H]2[C@@H]3F)c(=O)[nH]1.Nc1nc2c(ncn2[C@@H]2O[C@@]34CO[C@H]3[C@H]2OP(=O)(O)OC[C@H]2O[C@@H](n3cnc5c3NC=NC5O)[C@H](O)[C@@H]2OP(=O)(O)OC4)c(=O)[nH]1. The van der Waals surface area contributed by atoms with Gasteiger partial charge in [-0.1, -0.05) is 0 Å². The Balaban J connectivity index is 0.000000126. The molecule has 13 aliphatic rings. The van der Waals surface area contributed by atoms with Crippen molar-refractivity contribution in [2.75, 3.05) is 79.4 Å². The molecule has 10 saturated heterocycles. The number of aliphatic imine (C=N–C) groups is 3. The molecule has 9 unspecified atom stereocenters. The molecule has 13 aliphatic heterocycles. The molecule has 9 aromatic heterocycles. The summed E-state index contributed by atoms with van der Waals surface area (Å²) in [7, 11) is -30.5. The summed E-state index contributed by atoms with van der Waals surface area (Å²) < 4.78 is 236. The molecule has 22 heterocycles. The van der Waals surface area contributed by atoms with E-state index >= 15 is 13.2 Å². The third-order valence-corrected chi connectivity index (χ3v) is 28.6. The number of nitrogens with two attached hydrogens (primary N) is 3. The molecule has 65 nitrogen and oxygen atoms in total. The maximum atomic E-state index is 15.8. The normalized spacial score (nSPS) is 40.6. The lowest BCUT2D eigenvalue weighted by atomic mass is 9.91. The van der Waals surface area contributed by atoms with E-state index in [-0.39, 0.29) is 98.9 Å². The Labute approximate surface area is 743 Å². The maximum absolute atomic E-state index is 15.8. The van der Waals surface area contributed by atoms with Crippen molar-refractivity contribution >= 4 is 135 Å². The highest BCUT2D eigenvalue weighted by Gasteiger charge is 2.67. The number of aromatic amines is 3. The predicted octanol–water partition coefficient (Wildman–Crippen LogP) is -2.90. The quantitative estimate of drug-likeness (QED) is 0.0743. The second-order valence-electron chi connectivity index (χ2n) is 31.2. The van der Waals surface area contributed by atoms with E-state index in [2.05, 4.69) is 90.7 Å². The van der Waals surface area contributed by atoms with Gasteiger partial charge in [-0.15, -0.1) is 0 Å². The van der Waals surface area contributed by atoms with Gasteiger partial charge in [0, 0.05) is 6.42 Å². The first-order valence-corrected chi connectivity index (χ1v) is 48.4. The van der Waals surface area contributed by atoms with E-state index in [4.69, 9.17) is 105 Å². The van der Waals surface area contributed by atoms with Crippen molar-refractivity contribution in [3.63, 3.8) is 0 Å². The number of aliphatic hydroxyl groups excluding tert-OH is 4. The fraction of sp³-hybridized carbons (Fsp3) is 0.557. The highest BCUT2D eigenvalue weighted by molar-refractivity contribution is 7.48. The van der Waals surface area contributed by atoms with Crippen LogP contribution in [0, 0.1) is 0 Å². The number of fused-ring (bicyclic) bond motifs is 13. The van der Waals surface area contributed by atoms with Crippen molar-refractivity contribution in [1.82, 2.24) is 87.2 Å². The molecule has 22 N–H and O–H groups in total. The summed E-state index contributed by atoms with van der Waals surface area (Å²) in [5, 5.41) is 49.5. The van der Waals surface area contributed by atoms with Gasteiger partial charge in [0.2, 0.25) is 17.8 Å². The molecule has 22 rings (SSSR count). The Bertz CT molecular complexity index is 6750. The van der Waals surface area contributed by atoms with Crippen molar-refractivity contribution in [3.05, 3.63) is 86.1 Å². The molecule has 0 radical (unpaired) electrons. The highest BCUT2D eigenvalue weighted by atomic mass is 31.2. The number of aliphatic hydroxyl groups is 4. The fourth-order valence-corrected chi connectivity index (χ4v) is 22.4. The molecule has 730 valence electrons. The number of nitrogens with one attached hydrogen (secondary N) is 6. The number of phosphoric ester groups is 6. The minimum Gasteiger partial charge on any atom is -0.386 e. The Morgan fingerprint density at radius 2 is 0.748 bits per heavy atom. The number of alkyl halides is 3. The molecule has 0 aromatic carbocycles. The summed E-state index contributed by atoms with van der Waals surface area (Å²) in [6.07, 6.45) is -29.6. The lowest BCUT2D eigenvalue weighted by molar-refractivity contribution is -0.244. The van der Waals surface area contributed by atoms with E-state index in [9.17, 15) is 91.6 Å². The predicted molar refractivity (Wildman–Crippen MR) is 427 cm³/mol. The first-order valence-electron chi connectivity index (χ1n) is 39.4. The number of phosphoric acid groups is 6. The summed E-state index contributed by atoms with van der Waals surface area (Å²) in [6.45, 7) is -5.04. The average Bonchev–Trinajstić information content (AvgIpc) is 1.55. The van der Waals surface area contributed by atoms with Crippen LogP contribution in [0.2, 0.25) is 0 Å². The zero-order chi connectivity index (χ0) is 95.0. The van der Waals surface area contributed by atoms with Gasteiger partial charge in [-0.25, -0.2) is 85.4 Å². The van der Waals surface area contributed by atoms with Crippen molar-refractivity contribution < 1.29 is 178 Å². The van der Waals surface area contributed by atoms with Crippen LogP contribution in [0.5, 0.6) is 0 Å². The lowest BCUT2D eigenvalue weighted by Crippen LogP contribution is -2.61. The van der Waals surface area contributed by atoms with Crippen LogP contribution in [0.25, 0.3) is 33.5 Å². The molecule has 74 heteroatoms. The van der Waals surface area contributed by atoms with Gasteiger partial charge < -0.3 is 116 Å². The monoisotopic (exact) mass is 2030 g/mol. The zero-order valence-electron chi connectivity index (χ0n) is 67.3. The maximum Gasteiger partial charge on any atom is 0.472 e. The Morgan fingerprint density at radius 3 is 1.20 bits per heavy atom. The molecule has 135 heavy (non-hydrogen) atoms. The first kappa shape index (κ1) is 93.2. The largest absolute Gasteiger partial charge is 0.472 e. The van der Waals surface area contributed by atoms with Crippen molar-refractivity contribution in [2.45, 2.75) is 166 Å².